The van der Waals surface area contributed by atoms with E-state index in [1.54, 1.807) is 0 Å². The molecule has 0 bridgehead atoms. The van der Waals surface area contributed by atoms with Crippen LogP contribution in [0, 0.1) is 13.8 Å². The number of hydrogen-bond acceptors (Lipinski definition) is 2. The summed E-state index contributed by atoms with van der Waals surface area (Å²) in [4.78, 5) is 4.64. The Balaban J connectivity index is 1.87. The van der Waals surface area contributed by atoms with Crippen molar-refractivity contribution in [3.05, 3.63) is 40.7 Å². The maximum absolute atomic E-state index is 6.32. The molecule has 1 aliphatic rings. The molecule has 0 amide bonds. The van der Waals surface area contributed by atoms with Gasteiger partial charge in [0.2, 0.25) is 5.95 Å². The topological polar surface area (TPSA) is 29.9 Å². The average molecular weight is 304 g/mol. The van der Waals surface area contributed by atoms with E-state index in [9.17, 15) is 0 Å². The van der Waals surface area contributed by atoms with Crippen LogP contribution >= 0.6 is 11.6 Å². The molecule has 1 saturated carbocycles. The van der Waals surface area contributed by atoms with Crippen LogP contribution in [0.3, 0.4) is 0 Å². The lowest BCUT2D eigenvalue weighted by molar-refractivity contribution is 0.356. The van der Waals surface area contributed by atoms with Gasteiger partial charge in [-0.15, -0.1) is 0 Å². The molecular weight excluding hydrogens is 282 g/mol. The zero-order chi connectivity index (χ0) is 14.8. The molecule has 1 aromatic heterocycles. The number of nitrogens with one attached hydrogen (secondary N) is 1. The van der Waals surface area contributed by atoms with Crippen LogP contribution in [0.2, 0.25) is 5.02 Å². The van der Waals surface area contributed by atoms with E-state index in [4.69, 9.17) is 11.6 Å². The highest BCUT2D eigenvalue weighted by molar-refractivity contribution is 6.33. The summed E-state index contributed by atoms with van der Waals surface area (Å²) >= 11 is 6.32. The van der Waals surface area contributed by atoms with Gasteiger partial charge in [0, 0.05) is 12.2 Å². The average Bonchev–Trinajstić information content (AvgIpc) is 2.84. The highest BCUT2D eigenvalue weighted by Gasteiger charge is 2.19. The first kappa shape index (κ1) is 14.5. The summed E-state index contributed by atoms with van der Waals surface area (Å²) in [6, 6.07) is 6.62. The lowest BCUT2D eigenvalue weighted by atomic mass is 9.95. The van der Waals surface area contributed by atoms with Crippen LogP contribution in [0.4, 0.5) is 11.6 Å². The first-order valence-electron chi connectivity index (χ1n) is 7.72. The van der Waals surface area contributed by atoms with Crippen molar-refractivity contribution in [1.82, 2.24) is 9.55 Å². The van der Waals surface area contributed by atoms with Gasteiger partial charge >= 0.3 is 0 Å². The first-order valence-corrected chi connectivity index (χ1v) is 8.10. The standard InChI is InChI=1S/C17H22ClN3/c1-12-8-9-16(15(18)10-12)20-17-19-13(2)11-21(17)14-6-4-3-5-7-14/h8-11,14H,3-7H2,1-2H3,(H,19,20). The van der Waals surface area contributed by atoms with Gasteiger partial charge in [-0.3, -0.25) is 0 Å². The summed E-state index contributed by atoms with van der Waals surface area (Å²) < 4.78 is 2.30. The van der Waals surface area contributed by atoms with Crippen molar-refractivity contribution in [2.45, 2.75) is 52.0 Å². The fourth-order valence-electron chi connectivity index (χ4n) is 3.09. The minimum Gasteiger partial charge on any atom is -0.324 e. The van der Waals surface area contributed by atoms with E-state index in [0.29, 0.717) is 6.04 Å². The van der Waals surface area contributed by atoms with E-state index >= 15 is 0 Å². The number of nitrogens with zero attached hydrogens (tertiary/aromatic N) is 2. The second-order valence-electron chi connectivity index (χ2n) is 6.01. The Labute approximate surface area is 131 Å². The second kappa shape index (κ2) is 6.10. The molecule has 3 rings (SSSR count). The fourth-order valence-corrected chi connectivity index (χ4v) is 3.37. The summed E-state index contributed by atoms with van der Waals surface area (Å²) in [6.07, 6.45) is 8.62. The summed E-state index contributed by atoms with van der Waals surface area (Å²) in [5.41, 5.74) is 3.13. The smallest absolute Gasteiger partial charge is 0.207 e. The number of benzene rings is 1. The lowest BCUT2D eigenvalue weighted by Gasteiger charge is -2.25. The van der Waals surface area contributed by atoms with Crippen molar-refractivity contribution in [3.63, 3.8) is 0 Å². The molecule has 21 heavy (non-hydrogen) atoms. The molecule has 3 nitrogen and oxygen atoms in total. The van der Waals surface area contributed by atoms with Gasteiger partial charge in [-0.05, 0) is 44.4 Å². The maximum atomic E-state index is 6.32. The quantitative estimate of drug-likeness (QED) is 0.822. The van der Waals surface area contributed by atoms with Crippen molar-refractivity contribution >= 4 is 23.2 Å². The van der Waals surface area contributed by atoms with Gasteiger partial charge in [-0.25, -0.2) is 4.98 Å². The molecule has 1 aromatic carbocycles. The SMILES string of the molecule is Cc1ccc(Nc2nc(C)cn2C2CCCCC2)c(Cl)c1. The Morgan fingerprint density at radius 3 is 2.67 bits per heavy atom. The summed E-state index contributed by atoms with van der Waals surface area (Å²) in [5.74, 6) is 0.908. The largest absolute Gasteiger partial charge is 0.324 e. The zero-order valence-corrected chi connectivity index (χ0v) is 13.5. The van der Waals surface area contributed by atoms with Gasteiger partial charge in [0.05, 0.1) is 16.4 Å². The number of halogens is 1. The number of hydrogen-bond donors (Lipinski definition) is 1. The van der Waals surface area contributed by atoms with Crippen LogP contribution in [-0.4, -0.2) is 9.55 Å². The number of anilines is 2. The molecule has 112 valence electrons. The molecule has 0 aliphatic heterocycles. The summed E-state index contributed by atoms with van der Waals surface area (Å²) in [7, 11) is 0. The van der Waals surface area contributed by atoms with E-state index in [2.05, 4.69) is 27.1 Å². The predicted octanol–water partition coefficient (Wildman–Crippen LogP) is 5.40. The summed E-state index contributed by atoms with van der Waals surface area (Å²) in [6.45, 7) is 4.09. The molecule has 1 N–H and O–H groups in total. The Morgan fingerprint density at radius 1 is 1.19 bits per heavy atom. The van der Waals surface area contributed by atoms with Gasteiger partial charge in [0.25, 0.3) is 0 Å². The second-order valence-corrected chi connectivity index (χ2v) is 6.42. The molecular formula is C17H22ClN3. The Bertz CT molecular complexity index is 627. The molecule has 0 unspecified atom stereocenters. The van der Waals surface area contributed by atoms with Gasteiger partial charge < -0.3 is 9.88 Å². The molecule has 0 spiro atoms. The van der Waals surface area contributed by atoms with Gasteiger partial charge in [0.15, 0.2) is 0 Å². The minimum absolute atomic E-state index is 0.562. The molecule has 0 radical (unpaired) electrons. The summed E-state index contributed by atoms with van der Waals surface area (Å²) in [5, 5.41) is 4.15. The van der Waals surface area contributed by atoms with Gasteiger partial charge in [-0.1, -0.05) is 36.9 Å². The van der Waals surface area contributed by atoms with Crippen molar-refractivity contribution in [2.75, 3.05) is 5.32 Å². The fraction of sp³-hybridized carbons (Fsp3) is 0.471. The van der Waals surface area contributed by atoms with Gasteiger partial charge in [0.1, 0.15) is 0 Å². The Morgan fingerprint density at radius 2 is 1.95 bits per heavy atom. The van der Waals surface area contributed by atoms with Crippen molar-refractivity contribution in [3.8, 4) is 0 Å². The van der Waals surface area contributed by atoms with Gasteiger partial charge in [-0.2, -0.15) is 0 Å². The van der Waals surface area contributed by atoms with E-state index < -0.39 is 0 Å². The third kappa shape index (κ3) is 3.24. The van der Waals surface area contributed by atoms with Crippen molar-refractivity contribution < 1.29 is 0 Å². The van der Waals surface area contributed by atoms with Crippen LogP contribution in [0.25, 0.3) is 0 Å². The highest BCUT2D eigenvalue weighted by Crippen LogP contribution is 2.33. The van der Waals surface area contributed by atoms with Crippen LogP contribution in [0.5, 0.6) is 0 Å². The molecule has 1 aliphatic carbocycles. The monoisotopic (exact) mass is 303 g/mol. The zero-order valence-electron chi connectivity index (χ0n) is 12.7. The van der Waals surface area contributed by atoms with E-state index in [0.717, 1.165) is 27.9 Å². The third-order valence-electron chi connectivity index (χ3n) is 4.19. The number of aryl methyl sites for hydroxylation is 2. The van der Waals surface area contributed by atoms with E-state index in [1.165, 1.54) is 32.1 Å². The van der Waals surface area contributed by atoms with Crippen LogP contribution in [0.15, 0.2) is 24.4 Å². The number of aromatic nitrogens is 2. The third-order valence-corrected chi connectivity index (χ3v) is 4.50. The molecule has 0 atom stereocenters. The molecule has 2 aromatic rings. The van der Waals surface area contributed by atoms with Crippen molar-refractivity contribution in [2.24, 2.45) is 0 Å². The van der Waals surface area contributed by atoms with Crippen LogP contribution in [0.1, 0.15) is 49.4 Å². The molecule has 4 heteroatoms. The lowest BCUT2D eigenvalue weighted by Crippen LogP contribution is -2.14. The Kier molecular flexibility index (Phi) is 4.20. The molecule has 0 saturated heterocycles. The van der Waals surface area contributed by atoms with Crippen molar-refractivity contribution in [1.29, 1.82) is 0 Å². The van der Waals surface area contributed by atoms with E-state index in [-0.39, 0.29) is 0 Å². The Hall–Kier alpha value is -1.48. The highest BCUT2D eigenvalue weighted by atomic mass is 35.5. The van der Waals surface area contributed by atoms with Crippen LogP contribution < -0.4 is 5.32 Å². The molecule has 1 fully saturated rings. The van der Waals surface area contributed by atoms with Crippen LogP contribution in [-0.2, 0) is 0 Å². The first-order chi connectivity index (χ1) is 10.1. The number of rotatable bonds is 3. The minimum atomic E-state index is 0.562. The molecule has 1 heterocycles. The maximum Gasteiger partial charge on any atom is 0.207 e. The predicted molar refractivity (Wildman–Crippen MR) is 88.6 cm³/mol. The van der Waals surface area contributed by atoms with E-state index in [1.807, 2.05) is 26.0 Å². The normalized spacial score (nSPS) is 16.1. The number of imidazole rings is 1.